The maximum absolute atomic E-state index is 13.6. The molecule has 1 unspecified atom stereocenters. The third-order valence-electron chi connectivity index (χ3n) is 6.42. The summed E-state index contributed by atoms with van der Waals surface area (Å²) in [5.41, 5.74) is 5.58. The summed E-state index contributed by atoms with van der Waals surface area (Å²) in [4.78, 5) is 30.1. The molecule has 0 spiro atoms. The molecule has 17 heteroatoms. The number of nitrogens with two attached hydrogens (primary N) is 1. The van der Waals surface area contributed by atoms with E-state index < -0.39 is 36.3 Å². The molecule has 0 radical (unpaired) electrons. The fraction of sp³-hybridized carbons (Fsp3) is 0.364. The topological polar surface area (TPSA) is 155 Å². The Hall–Kier alpha value is -4.57. The third-order valence-corrected chi connectivity index (χ3v) is 6.42. The summed E-state index contributed by atoms with van der Waals surface area (Å²) in [6, 6.07) is 0. The van der Waals surface area contributed by atoms with Crippen LogP contribution in [0.25, 0.3) is 22.6 Å². The molecular formula is C22H20F5N11O. The number of nitrogens with zero attached hydrogens (tertiary/aromatic N) is 9. The average molecular weight is 549 g/mol. The number of nitrogen functional groups attached to an aromatic ring is 1. The number of anilines is 2. The number of rotatable bonds is 7. The molecule has 5 heterocycles. The predicted octanol–water partition coefficient (Wildman–Crippen LogP) is 2.57. The Bertz CT molecular complexity index is 1630. The van der Waals surface area contributed by atoms with E-state index in [1.165, 1.54) is 22.6 Å². The number of allylic oxidation sites excluding steroid dienone is 1. The van der Waals surface area contributed by atoms with E-state index in [0.29, 0.717) is 11.9 Å². The van der Waals surface area contributed by atoms with Crippen LogP contribution < -0.4 is 11.1 Å². The fourth-order valence-corrected chi connectivity index (χ4v) is 4.27. The zero-order valence-corrected chi connectivity index (χ0v) is 20.5. The van der Waals surface area contributed by atoms with Gasteiger partial charge >= 0.3 is 12.1 Å². The molecule has 39 heavy (non-hydrogen) atoms. The van der Waals surface area contributed by atoms with Gasteiger partial charge in [0.25, 0.3) is 0 Å². The van der Waals surface area contributed by atoms with Crippen molar-refractivity contribution in [2.24, 2.45) is 7.05 Å². The molecule has 0 aromatic carbocycles. The van der Waals surface area contributed by atoms with Gasteiger partial charge in [-0.05, 0) is 6.92 Å². The summed E-state index contributed by atoms with van der Waals surface area (Å²) in [5.74, 6) is -5.89. The molecule has 1 aliphatic rings. The maximum atomic E-state index is 13.6. The highest BCUT2D eigenvalue weighted by Crippen LogP contribution is 2.44. The van der Waals surface area contributed by atoms with Gasteiger partial charge in [0, 0.05) is 19.9 Å². The highest BCUT2D eigenvalue weighted by atomic mass is 19.4. The highest BCUT2D eigenvalue weighted by molar-refractivity contribution is 6.09. The first-order valence-corrected chi connectivity index (χ1v) is 11.4. The van der Waals surface area contributed by atoms with Gasteiger partial charge in [0.2, 0.25) is 5.91 Å². The number of alkyl halides is 5. The van der Waals surface area contributed by atoms with Crippen LogP contribution in [-0.2, 0) is 30.2 Å². The van der Waals surface area contributed by atoms with Crippen LogP contribution in [0.5, 0.6) is 0 Å². The minimum Gasteiger partial charge on any atom is -0.383 e. The summed E-state index contributed by atoms with van der Waals surface area (Å²) < 4.78 is 68.0. The smallest absolute Gasteiger partial charge is 0.383 e. The molecule has 0 saturated heterocycles. The van der Waals surface area contributed by atoms with Gasteiger partial charge < -0.3 is 11.1 Å². The first-order chi connectivity index (χ1) is 18.3. The molecule has 0 saturated carbocycles. The van der Waals surface area contributed by atoms with E-state index in [4.69, 9.17) is 5.73 Å². The van der Waals surface area contributed by atoms with Gasteiger partial charge in [-0.1, -0.05) is 11.3 Å². The number of aromatic nitrogens is 9. The predicted molar refractivity (Wildman–Crippen MR) is 126 cm³/mol. The molecule has 3 N–H and O–H groups in total. The van der Waals surface area contributed by atoms with E-state index in [1.807, 2.05) is 0 Å². The van der Waals surface area contributed by atoms with Crippen molar-refractivity contribution in [3.05, 3.63) is 42.1 Å². The molecule has 1 atom stereocenters. The van der Waals surface area contributed by atoms with Crippen LogP contribution in [0.15, 0.2) is 25.0 Å². The third kappa shape index (κ3) is 4.13. The van der Waals surface area contributed by atoms with Crippen LogP contribution >= 0.6 is 0 Å². The molecule has 204 valence electrons. The molecular weight excluding hydrogens is 529 g/mol. The number of carbonyl (C=O) groups is 1. The number of fused-ring (bicyclic) bond motifs is 2. The molecule has 4 aromatic rings. The Kier molecular flexibility index (Phi) is 5.84. The number of hydrogen-bond acceptors (Lipinski definition) is 9. The van der Waals surface area contributed by atoms with Crippen LogP contribution in [0.3, 0.4) is 0 Å². The van der Waals surface area contributed by atoms with Crippen LogP contribution in [0, 0.1) is 0 Å². The second-order valence-electron chi connectivity index (χ2n) is 9.05. The molecule has 12 nitrogen and oxygen atoms in total. The number of halogens is 5. The van der Waals surface area contributed by atoms with Crippen molar-refractivity contribution in [3.8, 4) is 11.5 Å². The Balaban J connectivity index is 1.59. The van der Waals surface area contributed by atoms with Gasteiger partial charge in [-0.15, -0.1) is 11.7 Å². The zero-order chi connectivity index (χ0) is 28.3. The Morgan fingerprint density at radius 1 is 1.18 bits per heavy atom. The maximum Gasteiger partial charge on any atom is 0.453 e. The lowest BCUT2D eigenvalue weighted by atomic mass is 9.81. The summed E-state index contributed by atoms with van der Waals surface area (Å²) in [5, 5.41) is 15.1. The Morgan fingerprint density at radius 2 is 1.92 bits per heavy atom. The Morgan fingerprint density at radius 3 is 2.62 bits per heavy atom. The van der Waals surface area contributed by atoms with Crippen molar-refractivity contribution in [3.63, 3.8) is 0 Å². The van der Waals surface area contributed by atoms with Crippen molar-refractivity contribution in [1.82, 2.24) is 44.7 Å². The molecule has 5 rings (SSSR count). The molecule has 0 fully saturated rings. The minimum atomic E-state index is -5.72. The largest absolute Gasteiger partial charge is 0.453 e. The van der Waals surface area contributed by atoms with E-state index in [0.717, 1.165) is 0 Å². The minimum absolute atomic E-state index is 0.00675. The first kappa shape index (κ1) is 26.1. The van der Waals surface area contributed by atoms with Gasteiger partial charge in [-0.3, -0.25) is 9.48 Å². The first-order valence-electron chi connectivity index (χ1n) is 11.4. The van der Waals surface area contributed by atoms with Crippen molar-refractivity contribution < 1.29 is 26.7 Å². The van der Waals surface area contributed by atoms with Gasteiger partial charge in [0.15, 0.2) is 11.5 Å². The molecule has 0 aliphatic carbocycles. The monoisotopic (exact) mass is 549 g/mol. The van der Waals surface area contributed by atoms with Crippen molar-refractivity contribution in [2.75, 3.05) is 11.1 Å². The van der Waals surface area contributed by atoms with E-state index in [9.17, 15) is 26.7 Å². The van der Waals surface area contributed by atoms with Gasteiger partial charge in [0.05, 0.1) is 29.9 Å². The summed E-state index contributed by atoms with van der Waals surface area (Å²) in [7, 11) is 1.51. The molecule has 0 bridgehead atoms. The van der Waals surface area contributed by atoms with Crippen molar-refractivity contribution in [1.29, 1.82) is 0 Å². The Labute approximate surface area is 216 Å². The average Bonchev–Trinajstić information content (AvgIpc) is 3.54. The number of aryl methyl sites for hydroxylation is 2. The van der Waals surface area contributed by atoms with E-state index in [1.54, 1.807) is 19.2 Å². The number of amides is 1. The van der Waals surface area contributed by atoms with Crippen LogP contribution in [-0.4, -0.2) is 62.7 Å². The van der Waals surface area contributed by atoms with Crippen LogP contribution in [0.2, 0.25) is 0 Å². The lowest BCUT2D eigenvalue weighted by Crippen LogP contribution is -2.36. The van der Waals surface area contributed by atoms with Crippen LogP contribution in [0.1, 0.15) is 30.4 Å². The quantitative estimate of drug-likeness (QED) is 0.261. The SMILES string of the molecule is C=CCn1cc(C2(C)C(=O)Nc3nc(-c4nc(CCC(F)(F)C(F)(F)F)nc5c4cnn5C)nc(N)c32)nn1. The van der Waals surface area contributed by atoms with E-state index in [2.05, 4.69) is 47.2 Å². The lowest BCUT2D eigenvalue weighted by molar-refractivity contribution is -0.284. The normalized spacial score (nSPS) is 17.5. The number of nitrogens with one attached hydrogen (secondary N) is 1. The summed E-state index contributed by atoms with van der Waals surface area (Å²) in [6.07, 6.45) is -3.54. The molecule has 1 aliphatic heterocycles. The molecule has 4 aromatic heterocycles. The summed E-state index contributed by atoms with van der Waals surface area (Å²) >= 11 is 0. The van der Waals surface area contributed by atoms with E-state index in [-0.39, 0.29) is 45.9 Å². The van der Waals surface area contributed by atoms with Crippen molar-refractivity contribution in [2.45, 2.75) is 43.8 Å². The zero-order valence-electron chi connectivity index (χ0n) is 20.5. The number of hydrogen-bond donors (Lipinski definition) is 2. The van der Waals surface area contributed by atoms with E-state index >= 15 is 0 Å². The second kappa shape index (κ2) is 8.74. The fourth-order valence-electron chi connectivity index (χ4n) is 4.27. The molecule has 1 amide bonds. The van der Waals surface area contributed by atoms with Gasteiger partial charge in [-0.2, -0.15) is 27.1 Å². The van der Waals surface area contributed by atoms with Crippen LogP contribution in [0.4, 0.5) is 33.6 Å². The number of carbonyl (C=O) groups excluding carboxylic acids is 1. The van der Waals surface area contributed by atoms with Crippen molar-refractivity contribution >= 4 is 28.6 Å². The van der Waals surface area contributed by atoms with Gasteiger partial charge in [0.1, 0.15) is 34.3 Å². The standard InChI is InChI=1S/C22H20F5N11O/c1-4-7-38-9-11(35-36-38)20(2)13-15(28)32-17(33-16(13)34-19(20)39)14-10-8-29-37(3)18(10)31-12(30-14)5-6-21(23,24)22(25,26)27/h4,8-9H,1,5-7H2,2-3H3,(H3,28,32,33,34,39). The lowest BCUT2D eigenvalue weighted by Gasteiger charge is -2.20. The second-order valence-corrected chi connectivity index (χ2v) is 9.05. The summed E-state index contributed by atoms with van der Waals surface area (Å²) in [6.45, 7) is 5.57. The van der Waals surface area contributed by atoms with Gasteiger partial charge in [-0.25, -0.2) is 24.6 Å². The highest BCUT2D eigenvalue weighted by Gasteiger charge is 2.56.